The maximum atomic E-state index is 12.5. The first-order valence-electron chi connectivity index (χ1n) is 8.23. The van der Waals surface area contributed by atoms with Crippen LogP contribution in [0.15, 0.2) is 48.5 Å². The molecule has 122 valence electrons. The Morgan fingerprint density at radius 3 is 2.92 bits per heavy atom. The number of benzene rings is 2. The Labute approximate surface area is 142 Å². The molecule has 4 nitrogen and oxygen atoms in total. The molecule has 1 amide bonds. The van der Waals surface area contributed by atoms with Crippen molar-refractivity contribution in [2.75, 3.05) is 25.0 Å². The van der Waals surface area contributed by atoms with Gasteiger partial charge in [0, 0.05) is 31.7 Å². The van der Waals surface area contributed by atoms with Crippen LogP contribution in [-0.4, -0.2) is 30.9 Å². The molecule has 0 bridgehead atoms. The predicted molar refractivity (Wildman–Crippen MR) is 94.6 cm³/mol. The number of carbonyl (C=O) groups is 1. The molecular weight excluding hydrogens is 298 g/mol. The first-order valence-corrected chi connectivity index (χ1v) is 8.23. The van der Waals surface area contributed by atoms with Gasteiger partial charge in [0.15, 0.2) is 0 Å². The van der Waals surface area contributed by atoms with E-state index in [4.69, 9.17) is 5.26 Å². The number of carbonyl (C=O) groups excluding carboxylic acids is 1. The molecule has 2 aromatic rings. The van der Waals surface area contributed by atoms with E-state index < -0.39 is 0 Å². The SMILES string of the molecule is CN(CCC(=O)N1CCc2ccccc21)Cc1cccc(C#N)c1. The van der Waals surface area contributed by atoms with Crippen molar-refractivity contribution in [2.45, 2.75) is 19.4 Å². The van der Waals surface area contributed by atoms with E-state index in [-0.39, 0.29) is 5.91 Å². The molecule has 0 atom stereocenters. The second kappa shape index (κ2) is 7.29. The van der Waals surface area contributed by atoms with Gasteiger partial charge in [-0.15, -0.1) is 0 Å². The highest BCUT2D eigenvalue weighted by atomic mass is 16.2. The molecule has 2 aromatic carbocycles. The van der Waals surface area contributed by atoms with Gasteiger partial charge in [0.2, 0.25) is 5.91 Å². The van der Waals surface area contributed by atoms with Gasteiger partial charge in [0.1, 0.15) is 0 Å². The van der Waals surface area contributed by atoms with E-state index in [1.54, 1.807) is 6.07 Å². The molecule has 24 heavy (non-hydrogen) atoms. The number of nitrogens with zero attached hydrogens (tertiary/aromatic N) is 3. The lowest BCUT2D eigenvalue weighted by atomic mass is 10.1. The Kier molecular flexibility index (Phi) is 4.93. The first kappa shape index (κ1) is 16.2. The van der Waals surface area contributed by atoms with Gasteiger partial charge in [-0.05, 0) is 42.8 Å². The first-order chi connectivity index (χ1) is 11.7. The Hall–Kier alpha value is -2.64. The summed E-state index contributed by atoms with van der Waals surface area (Å²) < 4.78 is 0. The molecule has 4 heteroatoms. The lowest BCUT2D eigenvalue weighted by Crippen LogP contribution is -2.32. The lowest BCUT2D eigenvalue weighted by molar-refractivity contribution is -0.118. The van der Waals surface area contributed by atoms with Gasteiger partial charge in [-0.1, -0.05) is 30.3 Å². The third kappa shape index (κ3) is 3.64. The molecule has 0 saturated carbocycles. The van der Waals surface area contributed by atoms with Crippen molar-refractivity contribution in [3.63, 3.8) is 0 Å². The van der Waals surface area contributed by atoms with Crippen LogP contribution in [0.25, 0.3) is 0 Å². The Balaban J connectivity index is 1.54. The van der Waals surface area contributed by atoms with Crippen molar-refractivity contribution in [3.8, 4) is 6.07 Å². The summed E-state index contributed by atoms with van der Waals surface area (Å²) >= 11 is 0. The molecular formula is C20H21N3O. The summed E-state index contributed by atoms with van der Waals surface area (Å²) in [6, 6.07) is 17.9. The summed E-state index contributed by atoms with van der Waals surface area (Å²) in [5.41, 5.74) is 4.08. The van der Waals surface area contributed by atoms with Crippen molar-refractivity contribution < 1.29 is 4.79 Å². The zero-order chi connectivity index (χ0) is 16.9. The number of nitriles is 1. The van der Waals surface area contributed by atoms with Crippen LogP contribution in [0.3, 0.4) is 0 Å². The van der Waals surface area contributed by atoms with E-state index >= 15 is 0 Å². The number of hydrogen-bond acceptors (Lipinski definition) is 3. The summed E-state index contributed by atoms with van der Waals surface area (Å²) in [6.45, 7) is 2.22. The highest BCUT2D eigenvalue weighted by molar-refractivity contribution is 5.95. The minimum atomic E-state index is 0.178. The van der Waals surface area contributed by atoms with Gasteiger partial charge >= 0.3 is 0 Å². The molecule has 1 aliphatic rings. The fourth-order valence-corrected chi connectivity index (χ4v) is 3.15. The molecule has 0 radical (unpaired) electrons. The van der Waals surface area contributed by atoms with Gasteiger partial charge in [0.05, 0.1) is 11.6 Å². The number of para-hydroxylation sites is 1. The Bertz CT molecular complexity index is 778. The average molecular weight is 319 g/mol. The van der Waals surface area contributed by atoms with E-state index in [1.165, 1.54) is 5.56 Å². The smallest absolute Gasteiger partial charge is 0.228 e. The highest BCUT2D eigenvalue weighted by Gasteiger charge is 2.23. The lowest BCUT2D eigenvalue weighted by Gasteiger charge is -2.20. The third-order valence-corrected chi connectivity index (χ3v) is 4.40. The van der Waals surface area contributed by atoms with E-state index in [0.29, 0.717) is 18.5 Å². The molecule has 0 aromatic heterocycles. The topological polar surface area (TPSA) is 47.3 Å². The minimum absolute atomic E-state index is 0.178. The van der Waals surface area contributed by atoms with Gasteiger partial charge in [-0.3, -0.25) is 4.79 Å². The standard InChI is InChI=1S/C20H21N3O/c1-22(15-17-6-4-5-16(13-17)14-21)11-10-20(24)23-12-9-18-7-2-3-8-19(18)23/h2-8,13H,9-12,15H2,1H3. The highest BCUT2D eigenvalue weighted by Crippen LogP contribution is 2.27. The van der Waals surface area contributed by atoms with Crippen LogP contribution < -0.4 is 4.90 Å². The second-order valence-electron chi connectivity index (χ2n) is 6.22. The van der Waals surface area contributed by atoms with Crippen molar-refractivity contribution in [3.05, 3.63) is 65.2 Å². The zero-order valence-corrected chi connectivity index (χ0v) is 13.9. The van der Waals surface area contributed by atoms with Crippen molar-refractivity contribution in [2.24, 2.45) is 0 Å². The van der Waals surface area contributed by atoms with Crippen LogP contribution in [0.1, 0.15) is 23.1 Å². The molecule has 3 rings (SSSR count). The maximum Gasteiger partial charge on any atom is 0.228 e. The zero-order valence-electron chi connectivity index (χ0n) is 13.9. The molecule has 0 saturated heterocycles. The van der Waals surface area contributed by atoms with Crippen molar-refractivity contribution in [1.29, 1.82) is 5.26 Å². The molecule has 1 aliphatic heterocycles. The average Bonchev–Trinajstić information content (AvgIpc) is 3.04. The maximum absolute atomic E-state index is 12.5. The summed E-state index contributed by atoms with van der Waals surface area (Å²) in [5, 5.41) is 8.96. The van der Waals surface area contributed by atoms with Crippen LogP contribution in [0, 0.1) is 11.3 Å². The van der Waals surface area contributed by atoms with Crippen LogP contribution >= 0.6 is 0 Å². The fraction of sp³-hybridized carbons (Fsp3) is 0.300. The number of rotatable bonds is 5. The normalized spacial score (nSPS) is 13.0. The number of fused-ring (bicyclic) bond motifs is 1. The quantitative estimate of drug-likeness (QED) is 0.851. The largest absolute Gasteiger partial charge is 0.312 e. The van der Waals surface area contributed by atoms with Gasteiger partial charge in [-0.2, -0.15) is 5.26 Å². The minimum Gasteiger partial charge on any atom is -0.312 e. The van der Waals surface area contributed by atoms with Crippen molar-refractivity contribution in [1.82, 2.24) is 4.90 Å². The van der Waals surface area contributed by atoms with E-state index in [9.17, 15) is 4.79 Å². The molecule has 0 spiro atoms. The summed E-state index contributed by atoms with van der Waals surface area (Å²) in [4.78, 5) is 16.5. The van der Waals surface area contributed by atoms with Crippen LogP contribution in [0.5, 0.6) is 0 Å². The number of amides is 1. The molecule has 0 fully saturated rings. The number of anilines is 1. The monoisotopic (exact) mass is 319 g/mol. The third-order valence-electron chi connectivity index (χ3n) is 4.40. The number of hydrogen-bond donors (Lipinski definition) is 0. The fourth-order valence-electron chi connectivity index (χ4n) is 3.15. The van der Waals surface area contributed by atoms with Crippen LogP contribution in [-0.2, 0) is 17.8 Å². The van der Waals surface area contributed by atoms with Gasteiger partial charge < -0.3 is 9.80 Å². The Morgan fingerprint density at radius 2 is 2.08 bits per heavy atom. The summed E-state index contributed by atoms with van der Waals surface area (Å²) in [6.07, 6.45) is 1.45. The van der Waals surface area contributed by atoms with Gasteiger partial charge in [-0.25, -0.2) is 0 Å². The molecule has 1 heterocycles. The second-order valence-corrected chi connectivity index (χ2v) is 6.22. The van der Waals surface area contributed by atoms with Crippen molar-refractivity contribution >= 4 is 11.6 Å². The van der Waals surface area contributed by atoms with Gasteiger partial charge in [0.25, 0.3) is 0 Å². The molecule has 0 unspecified atom stereocenters. The summed E-state index contributed by atoms with van der Waals surface area (Å²) in [5.74, 6) is 0.178. The molecule has 0 aliphatic carbocycles. The van der Waals surface area contributed by atoms with E-state index in [2.05, 4.69) is 17.0 Å². The summed E-state index contributed by atoms with van der Waals surface area (Å²) in [7, 11) is 2.00. The van der Waals surface area contributed by atoms with E-state index in [0.717, 1.165) is 30.8 Å². The predicted octanol–water partition coefficient (Wildman–Crippen LogP) is 2.97. The van der Waals surface area contributed by atoms with Crippen LogP contribution in [0.4, 0.5) is 5.69 Å². The van der Waals surface area contributed by atoms with Crippen LogP contribution in [0.2, 0.25) is 0 Å². The Morgan fingerprint density at radius 1 is 1.25 bits per heavy atom. The van der Waals surface area contributed by atoms with E-state index in [1.807, 2.05) is 48.3 Å². The molecule has 0 N–H and O–H groups in total.